The molecule has 2 aromatic rings. The van der Waals surface area contributed by atoms with Crippen LogP contribution in [0.4, 0.5) is 0 Å². The predicted octanol–water partition coefficient (Wildman–Crippen LogP) is 5.07. The van der Waals surface area contributed by atoms with Crippen molar-refractivity contribution < 1.29 is 9.53 Å². The Labute approximate surface area is 162 Å². The standard InChI is InChI=1S/C22H24BrNO2/c23-21-18-4-2-1-3-17(18)5-6-19(21)26-13-20(25)24-22-10-14-7-15(11-22)9-16(8-14)12-22/h1-6,14-16H,7-13H2,(H,24,25). The summed E-state index contributed by atoms with van der Waals surface area (Å²) in [6.07, 6.45) is 7.67. The highest BCUT2D eigenvalue weighted by Gasteiger charge is 2.51. The first-order chi connectivity index (χ1) is 12.6. The second-order valence-electron chi connectivity index (χ2n) is 8.63. The number of hydrogen-bond donors (Lipinski definition) is 1. The van der Waals surface area contributed by atoms with Crippen molar-refractivity contribution >= 4 is 32.6 Å². The maximum absolute atomic E-state index is 12.6. The van der Waals surface area contributed by atoms with E-state index < -0.39 is 0 Å². The van der Waals surface area contributed by atoms with E-state index in [-0.39, 0.29) is 18.1 Å². The van der Waals surface area contributed by atoms with Crippen LogP contribution in [0.15, 0.2) is 40.9 Å². The second kappa shape index (κ2) is 6.26. The molecule has 0 aromatic heterocycles. The Kier molecular flexibility index (Phi) is 4.00. The molecule has 2 aromatic carbocycles. The molecule has 0 aliphatic heterocycles. The van der Waals surface area contributed by atoms with Crippen LogP contribution in [0.25, 0.3) is 10.8 Å². The van der Waals surface area contributed by atoms with E-state index >= 15 is 0 Å². The van der Waals surface area contributed by atoms with Crippen molar-refractivity contribution in [3.05, 3.63) is 40.9 Å². The minimum atomic E-state index is 0.0204. The van der Waals surface area contributed by atoms with E-state index in [1.54, 1.807) is 0 Å². The quantitative estimate of drug-likeness (QED) is 0.759. The molecule has 0 unspecified atom stereocenters. The highest BCUT2D eigenvalue weighted by molar-refractivity contribution is 9.10. The van der Waals surface area contributed by atoms with Crippen LogP contribution in [0.1, 0.15) is 38.5 Å². The van der Waals surface area contributed by atoms with Gasteiger partial charge in [-0.1, -0.05) is 30.3 Å². The van der Waals surface area contributed by atoms with Crippen LogP contribution in [-0.4, -0.2) is 18.1 Å². The van der Waals surface area contributed by atoms with Gasteiger partial charge in [0.05, 0.1) is 4.47 Å². The van der Waals surface area contributed by atoms with Crippen LogP contribution in [0.2, 0.25) is 0 Å². The van der Waals surface area contributed by atoms with E-state index in [1.165, 1.54) is 38.5 Å². The topological polar surface area (TPSA) is 38.3 Å². The lowest BCUT2D eigenvalue weighted by atomic mass is 9.53. The third-order valence-electron chi connectivity index (χ3n) is 6.63. The van der Waals surface area contributed by atoms with Gasteiger partial charge in [0.15, 0.2) is 6.61 Å². The fourth-order valence-corrected chi connectivity index (χ4v) is 6.67. The monoisotopic (exact) mass is 413 g/mol. The molecule has 4 heteroatoms. The smallest absolute Gasteiger partial charge is 0.258 e. The molecular formula is C22H24BrNO2. The molecule has 0 radical (unpaired) electrons. The first-order valence-corrected chi connectivity index (χ1v) is 10.5. The summed E-state index contributed by atoms with van der Waals surface area (Å²) in [5, 5.41) is 5.63. The minimum absolute atomic E-state index is 0.0204. The van der Waals surface area contributed by atoms with Gasteiger partial charge in [0.1, 0.15) is 5.75 Å². The lowest BCUT2D eigenvalue weighted by Gasteiger charge is -2.56. The number of hydrogen-bond acceptors (Lipinski definition) is 2. The fraction of sp³-hybridized carbons (Fsp3) is 0.500. The van der Waals surface area contributed by atoms with E-state index in [1.807, 2.05) is 24.3 Å². The van der Waals surface area contributed by atoms with Crippen molar-refractivity contribution in [2.45, 2.75) is 44.1 Å². The Morgan fingerprint density at radius 3 is 2.38 bits per heavy atom. The molecule has 1 N–H and O–H groups in total. The van der Waals surface area contributed by atoms with Gasteiger partial charge in [0.25, 0.3) is 5.91 Å². The zero-order valence-corrected chi connectivity index (χ0v) is 16.4. The Morgan fingerprint density at radius 2 is 1.69 bits per heavy atom. The molecule has 26 heavy (non-hydrogen) atoms. The Balaban J connectivity index is 1.26. The third kappa shape index (κ3) is 2.92. The van der Waals surface area contributed by atoms with E-state index in [2.05, 4.69) is 33.4 Å². The second-order valence-corrected chi connectivity index (χ2v) is 9.43. The van der Waals surface area contributed by atoms with Crippen molar-refractivity contribution in [3.8, 4) is 5.75 Å². The molecule has 0 saturated heterocycles. The average molecular weight is 414 g/mol. The molecule has 0 spiro atoms. The predicted molar refractivity (Wildman–Crippen MR) is 106 cm³/mol. The highest BCUT2D eigenvalue weighted by Crippen LogP contribution is 2.55. The van der Waals surface area contributed by atoms with Crippen molar-refractivity contribution in [2.24, 2.45) is 17.8 Å². The zero-order chi connectivity index (χ0) is 17.7. The summed E-state index contributed by atoms with van der Waals surface area (Å²) in [4.78, 5) is 12.6. The number of ether oxygens (including phenoxy) is 1. The summed E-state index contributed by atoms with van der Waals surface area (Å²) in [7, 11) is 0. The molecule has 0 atom stereocenters. The van der Waals surface area contributed by atoms with Crippen LogP contribution in [-0.2, 0) is 4.79 Å². The van der Waals surface area contributed by atoms with E-state index in [0.29, 0.717) is 0 Å². The van der Waals surface area contributed by atoms with Crippen LogP contribution in [0.3, 0.4) is 0 Å². The molecule has 4 aliphatic carbocycles. The average Bonchev–Trinajstić information content (AvgIpc) is 2.60. The number of benzene rings is 2. The van der Waals surface area contributed by atoms with Crippen molar-refractivity contribution in [1.82, 2.24) is 5.32 Å². The van der Waals surface area contributed by atoms with Gasteiger partial charge in [-0.15, -0.1) is 0 Å². The van der Waals surface area contributed by atoms with E-state index in [9.17, 15) is 4.79 Å². The van der Waals surface area contributed by atoms with Crippen LogP contribution < -0.4 is 10.1 Å². The normalized spacial score (nSPS) is 32.0. The summed E-state index contributed by atoms with van der Waals surface area (Å²) in [6.45, 7) is 0.0820. The van der Waals surface area contributed by atoms with Gasteiger partial charge in [-0.3, -0.25) is 4.79 Å². The molecule has 4 bridgehead atoms. The van der Waals surface area contributed by atoms with Crippen molar-refractivity contribution in [1.29, 1.82) is 0 Å². The molecule has 4 fully saturated rings. The number of carbonyl (C=O) groups excluding carboxylic acids is 1. The lowest BCUT2D eigenvalue weighted by molar-refractivity contribution is -0.128. The van der Waals surface area contributed by atoms with Crippen molar-refractivity contribution in [3.63, 3.8) is 0 Å². The summed E-state index contributed by atoms with van der Waals surface area (Å²) < 4.78 is 6.78. The molecule has 136 valence electrons. The Bertz CT molecular complexity index is 827. The zero-order valence-electron chi connectivity index (χ0n) is 14.8. The van der Waals surface area contributed by atoms with Crippen LogP contribution in [0.5, 0.6) is 5.75 Å². The molecule has 4 aliphatic rings. The number of halogens is 1. The molecule has 0 heterocycles. The van der Waals surface area contributed by atoms with Crippen LogP contribution in [0, 0.1) is 17.8 Å². The summed E-state index contributed by atoms with van der Waals surface area (Å²) in [5.74, 6) is 3.24. The molecular weight excluding hydrogens is 390 g/mol. The van der Waals surface area contributed by atoms with Gasteiger partial charge < -0.3 is 10.1 Å². The van der Waals surface area contributed by atoms with E-state index in [0.717, 1.165) is 38.7 Å². The van der Waals surface area contributed by atoms with Gasteiger partial charge in [-0.05, 0) is 89.0 Å². The first-order valence-electron chi connectivity index (χ1n) is 9.71. The highest BCUT2D eigenvalue weighted by atomic mass is 79.9. The number of amides is 1. The number of rotatable bonds is 4. The van der Waals surface area contributed by atoms with Gasteiger partial charge in [0.2, 0.25) is 0 Å². The van der Waals surface area contributed by atoms with Gasteiger partial charge in [0, 0.05) is 5.54 Å². The Hall–Kier alpha value is -1.55. The SMILES string of the molecule is O=C(COc1ccc2ccccc2c1Br)NC12CC3CC(CC(C3)C1)C2. The van der Waals surface area contributed by atoms with Gasteiger partial charge in [-0.25, -0.2) is 0 Å². The lowest BCUT2D eigenvalue weighted by Crippen LogP contribution is -2.60. The fourth-order valence-electron chi connectivity index (χ4n) is 6.06. The number of carbonyl (C=O) groups is 1. The van der Waals surface area contributed by atoms with E-state index in [4.69, 9.17) is 4.74 Å². The first kappa shape index (κ1) is 16.6. The molecule has 4 saturated carbocycles. The minimum Gasteiger partial charge on any atom is -0.483 e. The molecule has 3 nitrogen and oxygen atoms in total. The van der Waals surface area contributed by atoms with Gasteiger partial charge in [-0.2, -0.15) is 0 Å². The Morgan fingerprint density at radius 1 is 1.04 bits per heavy atom. The summed E-state index contributed by atoms with van der Waals surface area (Å²) in [5.41, 5.74) is 0.0514. The maximum Gasteiger partial charge on any atom is 0.258 e. The molecule has 1 amide bonds. The van der Waals surface area contributed by atoms with Crippen molar-refractivity contribution in [2.75, 3.05) is 6.61 Å². The maximum atomic E-state index is 12.6. The molecule has 6 rings (SSSR count). The summed E-state index contributed by atoms with van der Waals surface area (Å²) in [6, 6.07) is 12.1. The summed E-state index contributed by atoms with van der Waals surface area (Å²) >= 11 is 3.63. The number of nitrogens with one attached hydrogen (secondary N) is 1. The van der Waals surface area contributed by atoms with Crippen LogP contribution >= 0.6 is 15.9 Å². The largest absolute Gasteiger partial charge is 0.483 e. The number of fused-ring (bicyclic) bond motifs is 1. The van der Waals surface area contributed by atoms with Gasteiger partial charge >= 0.3 is 0 Å². The third-order valence-corrected chi connectivity index (χ3v) is 7.45.